The molecule has 0 amide bonds. The topological polar surface area (TPSA) is 175 Å². The third-order valence-electron chi connectivity index (χ3n) is 15.0. The minimum atomic E-state index is -1.90. The molecule has 1 saturated heterocycles. The van der Waals surface area contributed by atoms with Crippen LogP contribution in [0.25, 0.3) is 0 Å². The molecule has 1 aliphatic rings. The second kappa shape index (κ2) is 53.8. The maximum Gasteiger partial charge on any atom is 0.335 e. The Morgan fingerprint density at radius 2 is 0.740 bits per heavy atom. The molecule has 6 unspecified atom stereocenters. The summed E-state index contributed by atoms with van der Waals surface area (Å²) in [5.41, 5.74) is 0. The highest BCUT2D eigenvalue weighted by Gasteiger charge is 2.50. The van der Waals surface area contributed by atoms with Crippen molar-refractivity contribution < 1.29 is 58.2 Å². The van der Waals surface area contributed by atoms with Gasteiger partial charge in [-0.1, -0.05) is 251 Å². The van der Waals surface area contributed by atoms with Gasteiger partial charge in [0.05, 0.1) is 6.61 Å². The Balaban J connectivity index is 2.63. The quantitative estimate of drug-likeness (QED) is 0.0228. The number of aliphatic carboxylic acids is 1. The van der Waals surface area contributed by atoms with Crippen LogP contribution in [0.3, 0.4) is 0 Å². The van der Waals surface area contributed by atoms with Crippen molar-refractivity contribution in [1.82, 2.24) is 0 Å². The fraction of sp³-hybridized carbons (Fsp3) is 0.877. The summed E-state index contributed by atoms with van der Waals surface area (Å²) >= 11 is 0. The first-order chi connectivity index (χ1) is 37.6. The highest BCUT2D eigenvalue weighted by molar-refractivity contribution is 5.74. The number of hydrogen-bond acceptors (Lipinski definition) is 11. The number of carbonyl (C=O) groups excluding carboxylic acids is 3. The summed E-state index contributed by atoms with van der Waals surface area (Å²) < 4.78 is 28.5. The normalized spacial score (nSPS) is 18.1. The molecular formula is C65H118O12. The Bertz CT molecular complexity index is 1430. The lowest BCUT2D eigenvalue weighted by Gasteiger charge is -2.40. The number of carboxylic acids is 1. The largest absolute Gasteiger partial charge is 0.479 e. The molecule has 0 saturated carbocycles. The third-order valence-corrected chi connectivity index (χ3v) is 15.0. The van der Waals surface area contributed by atoms with E-state index in [0.29, 0.717) is 19.3 Å². The second-order valence-corrected chi connectivity index (χ2v) is 22.4. The summed E-state index contributed by atoms with van der Waals surface area (Å²) in [6.45, 7) is 6.01. The average molecular weight is 1090 g/mol. The van der Waals surface area contributed by atoms with Crippen LogP contribution in [0.2, 0.25) is 0 Å². The predicted octanol–water partition coefficient (Wildman–Crippen LogP) is 17.0. The van der Waals surface area contributed by atoms with E-state index in [1.165, 1.54) is 161 Å². The van der Waals surface area contributed by atoms with E-state index in [-0.39, 0.29) is 25.9 Å². The highest BCUT2D eigenvalue weighted by Crippen LogP contribution is 2.27. The van der Waals surface area contributed by atoms with Gasteiger partial charge < -0.3 is 39.0 Å². The molecule has 0 aromatic heterocycles. The van der Waals surface area contributed by atoms with Gasteiger partial charge in [-0.15, -0.1) is 0 Å². The fourth-order valence-electron chi connectivity index (χ4n) is 10.0. The van der Waals surface area contributed by atoms with Gasteiger partial charge in [0.1, 0.15) is 18.8 Å². The van der Waals surface area contributed by atoms with Crippen molar-refractivity contribution in [1.29, 1.82) is 0 Å². The lowest BCUT2D eigenvalue weighted by atomic mass is 9.98. The number of rotatable bonds is 56. The summed E-state index contributed by atoms with van der Waals surface area (Å²) in [6.07, 6.45) is 50.0. The molecule has 0 aromatic carbocycles. The number of carbonyl (C=O) groups is 4. The summed E-state index contributed by atoms with van der Waals surface area (Å²) in [7, 11) is 0. The second-order valence-electron chi connectivity index (χ2n) is 22.4. The first-order valence-electron chi connectivity index (χ1n) is 32.3. The van der Waals surface area contributed by atoms with Gasteiger partial charge >= 0.3 is 23.9 Å². The lowest BCUT2D eigenvalue weighted by Crippen LogP contribution is -2.61. The molecule has 1 fully saturated rings. The molecule has 77 heavy (non-hydrogen) atoms. The molecule has 1 rings (SSSR count). The van der Waals surface area contributed by atoms with Crippen LogP contribution in [-0.2, 0) is 42.9 Å². The van der Waals surface area contributed by atoms with E-state index in [1.54, 1.807) is 0 Å². The highest BCUT2D eigenvalue weighted by atomic mass is 16.7. The van der Waals surface area contributed by atoms with Crippen LogP contribution in [0, 0.1) is 0 Å². The minimum absolute atomic E-state index is 0.0541. The van der Waals surface area contributed by atoms with Gasteiger partial charge in [-0.2, -0.15) is 0 Å². The van der Waals surface area contributed by atoms with E-state index in [9.17, 15) is 34.5 Å². The smallest absolute Gasteiger partial charge is 0.335 e. The fourth-order valence-corrected chi connectivity index (χ4v) is 10.0. The van der Waals surface area contributed by atoms with Crippen LogP contribution in [0.5, 0.6) is 0 Å². The average Bonchev–Trinajstić information content (AvgIpc) is 3.42. The Hall–Kier alpha value is -2.80. The van der Waals surface area contributed by atoms with Crippen molar-refractivity contribution in [2.24, 2.45) is 0 Å². The van der Waals surface area contributed by atoms with Gasteiger partial charge in [0.2, 0.25) is 0 Å². The maximum atomic E-state index is 13.2. The van der Waals surface area contributed by atoms with Crippen LogP contribution in [0.1, 0.15) is 316 Å². The monoisotopic (exact) mass is 1090 g/mol. The van der Waals surface area contributed by atoms with Gasteiger partial charge in [-0.25, -0.2) is 4.79 Å². The number of ether oxygens (including phenoxy) is 5. The van der Waals surface area contributed by atoms with Gasteiger partial charge in [0.25, 0.3) is 0 Å². The van der Waals surface area contributed by atoms with Crippen molar-refractivity contribution >= 4 is 23.9 Å². The van der Waals surface area contributed by atoms with Gasteiger partial charge in [-0.05, 0) is 70.6 Å². The number of aliphatic hydroxyl groups is 2. The van der Waals surface area contributed by atoms with E-state index in [0.717, 1.165) is 96.3 Å². The van der Waals surface area contributed by atoms with Gasteiger partial charge in [-0.3, -0.25) is 14.4 Å². The number of esters is 3. The van der Waals surface area contributed by atoms with Crippen molar-refractivity contribution in [3.8, 4) is 0 Å². The van der Waals surface area contributed by atoms with Crippen LogP contribution < -0.4 is 0 Å². The molecule has 6 atom stereocenters. The van der Waals surface area contributed by atoms with E-state index >= 15 is 0 Å². The van der Waals surface area contributed by atoms with Gasteiger partial charge in [0, 0.05) is 19.3 Å². The Morgan fingerprint density at radius 1 is 0.416 bits per heavy atom. The van der Waals surface area contributed by atoms with Crippen molar-refractivity contribution in [3.63, 3.8) is 0 Å². The summed E-state index contributed by atoms with van der Waals surface area (Å²) in [6, 6.07) is 0. The standard InChI is InChI=1S/C65H118O12/c1-4-7-10-13-16-19-22-25-27-28-29-30-32-34-36-39-42-45-48-51-57(66)73-54-56(75-58(67)52-49-46-43-40-37-33-24-21-18-15-12-9-6-3)55-74-65-63(61(70)60(69)62(77-65)64(71)72)76-59(68)53-50-47-44-41-38-35-31-26-23-20-17-14-11-8-5-2/h21,24,26,31,56,60-63,65,69-70H,4-20,22-23,25,27-30,32-55H2,1-3H3,(H,71,72)/b24-21-,31-26-. The Labute approximate surface area is 470 Å². The molecule has 0 spiro atoms. The SMILES string of the molecule is CCCCCC/C=C\CCCCCCCC(=O)OC(COC(=O)CCCCCCCCCCCCCCCCCCCCC)COC1OC(C(=O)O)C(O)C(O)C1OC(=O)CCCCCCC/C=C\CCCCCCCC. The first-order valence-corrected chi connectivity index (χ1v) is 32.3. The van der Waals surface area contributed by atoms with Crippen molar-refractivity contribution in [2.75, 3.05) is 13.2 Å². The summed E-state index contributed by atoms with van der Waals surface area (Å²) in [5, 5.41) is 31.5. The first kappa shape index (κ1) is 72.2. The summed E-state index contributed by atoms with van der Waals surface area (Å²) in [5.74, 6) is -3.11. The Morgan fingerprint density at radius 3 is 1.12 bits per heavy atom. The zero-order valence-corrected chi connectivity index (χ0v) is 49.7. The molecule has 450 valence electrons. The molecule has 1 aliphatic heterocycles. The molecule has 0 aliphatic carbocycles. The van der Waals surface area contributed by atoms with Crippen molar-refractivity contribution in [2.45, 2.75) is 353 Å². The third kappa shape index (κ3) is 43.7. The number of unbranched alkanes of at least 4 members (excludes halogenated alkanes) is 38. The van der Waals surface area contributed by atoms with Crippen molar-refractivity contribution in [3.05, 3.63) is 24.3 Å². The van der Waals surface area contributed by atoms with Crippen LogP contribution in [-0.4, -0.2) is 89.2 Å². The molecule has 12 heteroatoms. The molecule has 0 bridgehead atoms. The zero-order chi connectivity index (χ0) is 56.1. The van der Waals surface area contributed by atoms with E-state index < -0.39 is 67.3 Å². The molecular weight excluding hydrogens is 973 g/mol. The number of aliphatic hydroxyl groups excluding tert-OH is 2. The van der Waals surface area contributed by atoms with E-state index in [2.05, 4.69) is 45.1 Å². The molecule has 12 nitrogen and oxygen atoms in total. The summed E-state index contributed by atoms with van der Waals surface area (Å²) in [4.78, 5) is 51.2. The van der Waals surface area contributed by atoms with E-state index in [1.807, 2.05) is 0 Å². The lowest BCUT2D eigenvalue weighted by molar-refractivity contribution is -0.301. The number of allylic oxidation sites excluding steroid dienone is 4. The molecule has 1 heterocycles. The predicted molar refractivity (Wildman–Crippen MR) is 313 cm³/mol. The van der Waals surface area contributed by atoms with Gasteiger partial charge in [0.15, 0.2) is 24.6 Å². The Kier molecular flexibility index (Phi) is 50.5. The number of hydrogen-bond donors (Lipinski definition) is 3. The maximum absolute atomic E-state index is 13.2. The van der Waals surface area contributed by atoms with Crippen LogP contribution in [0.15, 0.2) is 24.3 Å². The van der Waals surface area contributed by atoms with E-state index in [4.69, 9.17) is 23.7 Å². The van der Waals surface area contributed by atoms with Crippen LogP contribution >= 0.6 is 0 Å². The molecule has 0 radical (unpaired) electrons. The molecule has 3 N–H and O–H groups in total. The minimum Gasteiger partial charge on any atom is -0.479 e. The molecule has 0 aromatic rings. The number of carboxylic acid groups (broad SMARTS) is 1. The van der Waals surface area contributed by atoms with Crippen LogP contribution in [0.4, 0.5) is 0 Å². The zero-order valence-electron chi connectivity index (χ0n) is 49.7.